The van der Waals surface area contributed by atoms with E-state index in [9.17, 15) is 8.42 Å². The van der Waals surface area contributed by atoms with Crippen molar-refractivity contribution in [2.45, 2.75) is 19.3 Å². The van der Waals surface area contributed by atoms with Gasteiger partial charge in [-0.15, -0.1) is 4.41 Å². The van der Waals surface area contributed by atoms with Gasteiger partial charge in [0.25, 0.3) is 10.2 Å². The second-order valence-electron chi connectivity index (χ2n) is 3.45. The first-order valence-electron chi connectivity index (χ1n) is 4.72. The molecule has 0 bridgehead atoms. The summed E-state index contributed by atoms with van der Waals surface area (Å²) in [6, 6.07) is 0. The molecule has 2 rings (SSSR count). The van der Waals surface area contributed by atoms with Gasteiger partial charge in [0.05, 0.1) is 0 Å². The van der Waals surface area contributed by atoms with Crippen molar-refractivity contribution >= 4 is 10.2 Å². The predicted octanol–water partition coefficient (Wildman–Crippen LogP) is -0.463. The zero-order valence-corrected chi connectivity index (χ0v) is 8.39. The van der Waals surface area contributed by atoms with Gasteiger partial charge in [-0.05, 0) is 19.3 Å². The van der Waals surface area contributed by atoms with Crippen molar-refractivity contribution in [3.05, 3.63) is 0 Å². The molecule has 0 aromatic carbocycles. The SMILES string of the molecule is O=S(=O)(N1CCCC1)N1CCCN1. The third-order valence-corrected chi connectivity index (χ3v) is 4.38. The number of hydrogen-bond donors (Lipinski definition) is 1. The quantitative estimate of drug-likeness (QED) is 0.663. The average Bonchev–Trinajstić information content (AvgIpc) is 2.78. The van der Waals surface area contributed by atoms with E-state index in [1.165, 1.54) is 4.41 Å². The van der Waals surface area contributed by atoms with Gasteiger partial charge >= 0.3 is 0 Å². The molecular formula is C7H15N3O2S. The minimum Gasteiger partial charge on any atom is -0.240 e. The van der Waals surface area contributed by atoms with E-state index in [4.69, 9.17) is 0 Å². The molecule has 0 aromatic heterocycles. The number of rotatable bonds is 2. The van der Waals surface area contributed by atoms with Gasteiger partial charge in [-0.1, -0.05) is 0 Å². The van der Waals surface area contributed by atoms with Crippen LogP contribution in [0.3, 0.4) is 0 Å². The summed E-state index contributed by atoms with van der Waals surface area (Å²) in [5, 5.41) is 0. The standard InChI is InChI=1S/C7H15N3O2S/c11-13(12,9-5-1-2-6-9)10-7-3-4-8-10/h8H,1-7H2. The molecule has 6 heteroatoms. The molecule has 5 nitrogen and oxygen atoms in total. The van der Waals surface area contributed by atoms with Crippen molar-refractivity contribution in [3.8, 4) is 0 Å². The fourth-order valence-electron chi connectivity index (χ4n) is 1.76. The zero-order valence-electron chi connectivity index (χ0n) is 7.57. The lowest BCUT2D eigenvalue weighted by molar-refractivity contribution is 0.349. The molecule has 0 amide bonds. The molecule has 0 aliphatic carbocycles. The Morgan fingerprint density at radius 1 is 1.00 bits per heavy atom. The first-order valence-corrected chi connectivity index (χ1v) is 6.12. The maximum absolute atomic E-state index is 11.8. The summed E-state index contributed by atoms with van der Waals surface area (Å²) >= 11 is 0. The zero-order chi connectivity index (χ0) is 9.31. The van der Waals surface area contributed by atoms with E-state index in [-0.39, 0.29) is 0 Å². The number of hydrazine groups is 1. The van der Waals surface area contributed by atoms with Gasteiger partial charge in [-0.25, -0.2) is 5.43 Å². The molecule has 0 radical (unpaired) electrons. The average molecular weight is 205 g/mol. The first kappa shape index (κ1) is 9.39. The van der Waals surface area contributed by atoms with E-state index in [1.54, 1.807) is 4.31 Å². The molecule has 0 unspecified atom stereocenters. The summed E-state index contributed by atoms with van der Waals surface area (Å²) < 4.78 is 26.6. The molecule has 2 fully saturated rings. The highest BCUT2D eigenvalue weighted by Crippen LogP contribution is 2.16. The van der Waals surface area contributed by atoms with Crippen LogP contribution in [0.15, 0.2) is 0 Å². The highest BCUT2D eigenvalue weighted by Gasteiger charge is 2.32. The third-order valence-electron chi connectivity index (χ3n) is 2.50. The lowest BCUT2D eigenvalue weighted by Crippen LogP contribution is -2.45. The van der Waals surface area contributed by atoms with Gasteiger partial charge in [0, 0.05) is 26.2 Å². The van der Waals surface area contributed by atoms with Gasteiger partial charge in [-0.2, -0.15) is 12.7 Å². The Morgan fingerprint density at radius 2 is 1.69 bits per heavy atom. The topological polar surface area (TPSA) is 52.7 Å². The first-order chi connectivity index (χ1) is 6.21. The number of nitrogens with one attached hydrogen (secondary N) is 1. The van der Waals surface area contributed by atoms with Gasteiger partial charge in [0.15, 0.2) is 0 Å². The van der Waals surface area contributed by atoms with Crippen LogP contribution in [-0.4, -0.2) is 43.3 Å². The molecule has 13 heavy (non-hydrogen) atoms. The van der Waals surface area contributed by atoms with Crippen LogP contribution in [0.2, 0.25) is 0 Å². The Bertz CT molecular complexity index is 243. The van der Waals surface area contributed by atoms with E-state index in [0.717, 1.165) is 25.8 Å². The van der Waals surface area contributed by atoms with Crippen LogP contribution in [0.25, 0.3) is 0 Å². The van der Waals surface area contributed by atoms with Crippen molar-refractivity contribution in [3.63, 3.8) is 0 Å². The Hall–Kier alpha value is -0.170. The minimum atomic E-state index is -3.18. The van der Waals surface area contributed by atoms with Crippen LogP contribution < -0.4 is 5.43 Å². The summed E-state index contributed by atoms with van der Waals surface area (Å²) in [4.78, 5) is 0. The second-order valence-corrected chi connectivity index (χ2v) is 5.30. The highest BCUT2D eigenvalue weighted by molar-refractivity contribution is 7.86. The summed E-state index contributed by atoms with van der Waals surface area (Å²) in [7, 11) is -3.18. The second kappa shape index (κ2) is 3.53. The maximum atomic E-state index is 11.8. The van der Waals surface area contributed by atoms with Crippen molar-refractivity contribution in [2.75, 3.05) is 26.2 Å². The molecule has 0 aromatic rings. The molecule has 0 spiro atoms. The van der Waals surface area contributed by atoms with Gasteiger partial charge < -0.3 is 0 Å². The van der Waals surface area contributed by atoms with Gasteiger partial charge in [0.2, 0.25) is 0 Å². The van der Waals surface area contributed by atoms with Crippen LogP contribution in [0.4, 0.5) is 0 Å². The molecule has 1 N–H and O–H groups in total. The Labute approximate surface area is 78.9 Å². The van der Waals surface area contributed by atoms with E-state index >= 15 is 0 Å². The summed E-state index contributed by atoms with van der Waals surface area (Å²) in [5.41, 5.74) is 2.88. The molecule has 2 aliphatic heterocycles. The number of hydrogen-bond acceptors (Lipinski definition) is 3. The predicted molar refractivity (Wildman–Crippen MR) is 49.1 cm³/mol. The van der Waals surface area contributed by atoms with E-state index in [0.29, 0.717) is 19.6 Å². The normalized spacial score (nSPS) is 27.1. The smallest absolute Gasteiger partial charge is 0.240 e. The van der Waals surface area contributed by atoms with E-state index in [1.807, 2.05) is 0 Å². The van der Waals surface area contributed by atoms with Crippen LogP contribution in [-0.2, 0) is 10.2 Å². The number of nitrogens with zero attached hydrogens (tertiary/aromatic N) is 2. The van der Waals surface area contributed by atoms with E-state index in [2.05, 4.69) is 5.43 Å². The molecule has 2 aliphatic rings. The van der Waals surface area contributed by atoms with Crippen molar-refractivity contribution in [1.29, 1.82) is 0 Å². The lowest BCUT2D eigenvalue weighted by Gasteiger charge is -2.22. The Kier molecular flexibility index (Phi) is 2.55. The van der Waals surface area contributed by atoms with Crippen LogP contribution >= 0.6 is 0 Å². The molecule has 0 atom stereocenters. The molecule has 2 saturated heterocycles. The van der Waals surface area contributed by atoms with Gasteiger partial charge in [-0.3, -0.25) is 0 Å². The Morgan fingerprint density at radius 3 is 2.23 bits per heavy atom. The largest absolute Gasteiger partial charge is 0.294 e. The summed E-state index contributed by atoms with van der Waals surface area (Å²) in [6.07, 6.45) is 2.90. The van der Waals surface area contributed by atoms with Crippen LogP contribution in [0, 0.1) is 0 Å². The van der Waals surface area contributed by atoms with Crippen molar-refractivity contribution < 1.29 is 8.42 Å². The van der Waals surface area contributed by atoms with Crippen molar-refractivity contribution in [1.82, 2.24) is 14.1 Å². The molecular weight excluding hydrogens is 190 g/mol. The van der Waals surface area contributed by atoms with E-state index < -0.39 is 10.2 Å². The fourth-order valence-corrected chi connectivity index (χ4v) is 3.37. The summed E-state index contributed by atoms with van der Waals surface area (Å²) in [6.45, 7) is 2.74. The molecule has 76 valence electrons. The van der Waals surface area contributed by atoms with Gasteiger partial charge in [0.1, 0.15) is 0 Å². The van der Waals surface area contributed by atoms with Crippen molar-refractivity contribution in [2.24, 2.45) is 0 Å². The lowest BCUT2D eigenvalue weighted by atomic mass is 10.4. The van der Waals surface area contributed by atoms with Crippen LogP contribution in [0.5, 0.6) is 0 Å². The maximum Gasteiger partial charge on any atom is 0.294 e. The van der Waals surface area contributed by atoms with Crippen LogP contribution in [0.1, 0.15) is 19.3 Å². The monoisotopic (exact) mass is 205 g/mol. The molecule has 2 heterocycles. The Balaban J connectivity index is 2.09. The highest BCUT2D eigenvalue weighted by atomic mass is 32.2. The summed E-state index contributed by atoms with van der Waals surface area (Å²) in [5.74, 6) is 0. The third kappa shape index (κ3) is 1.71. The molecule has 0 saturated carbocycles. The minimum absolute atomic E-state index is 0.610. The fraction of sp³-hybridized carbons (Fsp3) is 1.00.